The second kappa shape index (κ2) is 19.2. The summed E-state index contributed by atoms with van der Waals surface area (Å²) >= 11 is 0. The van der Waals surface area contributed by atoms with Crippen LogP contribution in [-0.2, 0) is 0 Å². The fourth-order valence-corrected chi connectivity index (χ4v) is 3.24. The van der Waals surface area contributed by atoms with E-state index in [4.69, 9.17) is 0 Å². The minimum atomic E-state index is 1.18. The molecule has 0 aliphatic heterocycles. The van der Waals surface area contributed by atoms with Crippen LogP contribution in [0.2, 0.25) is 0 Å². The van der Waals surface area contributed by atoms with Crippen LogP contribution in [0.4, 0.5) is 0 Å². The highest BCUT2D eigenvalue weighted by atomic mass is 15.1. The third kappa shape index (κ3) is 20.0. The zero-order chi connectivity index (χ0) is 17.9. The summed E-state index contributed by atoms with van der Waals surface area (Å²) in [7, 11) is 6.57. The normalized spacial score (nSPS) is 11.8. The Kier molecular flexibility index (Phi) is 19.2. The molecule has 0 radical (unpaired) electrons. The molecule has 0 saturated carbocycles. The van der Waals surface area contributed by atoms with Gasteiger partial charge in [0, 0.05) is 13.1 Å². The van der Waals surface area contributed by atoms with Crippen LogP contribution in [0.1, 0.15) is 103 Å². The summed E-state index contributed by atoms with van der Waals surface area (Å²) in [5, 5.41) is 0. The highest BCUT2D eigenvalue weighted by molar-refractivity contribution is 4.55. The van der Waals surface area contributed by atoms with Crippen LogP contribution in [0.3, 0.4) is 0 Å². The molecule has 24 heavy (non-hydrogen) atoms. The molecule has 0 aromatic rings. The summed E-state index contributed by atoms with van der Waals surface area (Å²) in [6.45, 7) is 5.94. The van der Waals surface area contributed by atoms with E-state index in [1.54, 1.807) is 0 Å². The minimum Gasteiger partial charge on any atom is -0.308 e. The summed E-state index contributed by atoms with van der Waals surface area (Å²) in [4.78, 5) is 4.74. The van der Waals surface area contributed by atoms with Gasteiger partial charge in [-0.3, -0.25) is 0 Å². The van der Waals surface area contributed by atoms with Crippen molar-refractivity contribution in [1.82, 2.24) is 9.80 Å². The van der Waals surface area contributed by atoms with Gasteiger partial charge in [-0.15, -0.1) is 0 Å². The first-order chi connectivity index (χ1) is 11.7. The van der Waals surface area contributed by atoms with Crippen LogP contribution in [0, 0.1) is 0 Å². The van der Waals surface area contributed by atoms with Gasteiger partial charge in [-0.2, -0.15) is 0 Å². The van der Waals surface area contributed by atoms with Gasteiger partial charge in [0.15, 0.2) is 0 Å². The monoisotopic (exact) mass is 340 g/mol. The van der Waals surface area contributed by atoms with Gasteiger partial charge in [0.05, 0.1) is 0 Å². The van der Waals surface area contributed by atoms with Crippen LogP contribution in [0.15, 0.2) is 0 Å². The average Bonchev–Trinajstić information content (AvgIpc) is 2.56. The third-order valence-corrected chi connectivity index (χ3v) is 5.07. The van der Waals surface area contributed by atoms with E-state index in [2.05, 4.69) is 37.9 Å². The lowest BCUT2D eigenvalue weighted by Crippen LogP contribution is -2.29. The lowest BCUT2D eigenvalue weighted by molar-refractivity contribution is 0.277. The average molecular weight is 341 g/mol. The number of hydrogen-bond donors (Lipinski definition) is 0. The topological polar surface area (TPSA) is 6.48 Å². The molecule has 0 aliphatic rings. The van der Waals surface area contributed by atoms with Crippen molar-refractivity contribution in [2.45, 2.75) is 103 Å². The molecule has 0 unspecified atom stereocenters. The largest absolute Gasteiger partial charge is 0.308 e. The van der Waals surface area contributed by atoms with Crippen molar-refractivity contribution >= 4 is 0 Å². The predicted octanol–water partition coefficient (Wildman–Crippen LogP) is 6.35. The lowest BCUT2D eigenvalue weighted by atomic mass is 10.0. The van der Waals surface area contributed by atoms with Gasteiger partial charge in [-0.05, 0) is 34.1 Å². The molecule has 0 fully saturated rings. The van der Waals surface area contributed by atoms with E-state index in [1.807, 2.05) is 0 Å². The Labute approximate surface area is 154 Å². The molecule has 0 N–H and O–H groups in total. The Morgan fingerprint density at radius 1 is 0.417 bits per heavy atom. The maximum Gasteiger partial charge on any atom is 0.0106 e. The Morgan fingerprint density at radius 2 is 0.792 bits per heavy atom. The van der Waals surface area contributed by atoms with E-state index in [1.165, 1.54) is 116 Å². The molecule has 0 amide bonds. The molecule has 0 aliphatic carbocycles. The Bertz CT molecular complexity index is 228. The molecular weight excluding hydrogens is 292 g/mol. The molecule has 0 aromatic carbocycles. The molecule has 0 spiro atoms. The minimum absolute atomic E-state index is 1.18. The molecule has 0 heterocycles. The molecule has 0 rings (SSSR count). The second-order valence-corrected chi connectivity index (χ2v) is 8.06. The van der Waals surface area contributed by atoms with Crippen LogP contribution >= 0.6 is 0 Å². The van der Waals surface area contributed by atoms with Crippen molar-refractivity contribution in [3.8, 4) is 0 Å². The van der Waals surface area contributed by atoms with E-state index in [9.17, 15) is 0 Å². The quantitative estimate of drug-likeness (QED) is 0.253. The smallest absolute Gasteiger partial charge is 0.0106 e. The molecule has 146 valence electrons. The molecule has 2 nitrogen and oxygen atoms in total. The zero-order valence-corrected chi connectivity index (χ0v) is 17.6. The van der Waals surface area contributed by atoms with Gasteiger partial charge in [0.25, 0.3) is 0 Å². The maximum absolute atomic E-state index is 2.47. The summed E-state index contributed by atoms with van der Waals surface area (Å²) in [5.41, 5.74) is 0. The Hall–Kier alpha value is -0.0800. The lowest BCUT2D eigenvalue weighted by Gasteiger charge is -2.19. The van der Waals surface area contributed by atoms with Gasteiger partial charge >= 0.3 is 0 Å². The van der Waals surface area contributed by atoms with Gasteiger partial charge in [0.1, 0.15) is 0 Å². The van der Waals surface area contributed by atoms with Gasteiger partial charge in [-0.1, -0.05) is 96.8 Å². The van der Waals surface area contributed by atoms with Crippen molar-refractivity contribution < 1.29 is 0 Å². The molecular formula is C22H48N2. The van der Waals surface area contributed by atoms with Gasteiger partial charge < -0.3 is 9.80 Å². The number of hydrogen-bond acceptors (Lipinski definition) is 2. The standard InChI is InChI=1S/C22H48N2/c1-5-6-7-8-9-10-11-12-13-14-15-16-17-18-19-20-24(4)22-21-23(2)3/h5-22H2,1-4H3. The van der Waals surface area contributed by atoms with Crippen molar-refractivity contribution in [1.29, 1.82) is 0 Å². The summed E-state index contributed by atoms with van der Waals surface area (Å²) in [6.07, 6.45) is 21.8. The van der Waals surface area contributed by atoms with Crippen LogP contribution < -0.4 is 0 Å². The summed E-state index contributed by atoms with van der Waals surface area (Å²) in [5.74, 6) is 0. The van der Waals surface area contributed by atoms with Crippen molar-refractivity contribution in [2.24, 2.45) is 0 Å². The first kappa shape index (κ1) is 23.9. The third-order valence-electron chi connectivity index (χ3n) is 5.07. The molecule has 2 heteroatoms. The number of nitrogens with zero attached hydrogens (tertiary/aromatic N) is 2. The molecule has 0 saturated heterocycles. The van der Waals surface area contributed by atoms with Crippen LogP contribution in [0.25, 0.3) is 0 Å². The first-order valence-electron chi connectivity index (χ1n) is 11.0. The van der Waals surface area contributed by atoms with Crippen molar-refractivity contribution in [2.75, 3.05) is 40.8 Å². The fraction of sp³-hybridized carbons (Fsp3) is 1.00. The molecule has 0 atom stereocenters. The predicted molar refractivity (Wildman–Crippen MR) is 111 cm³/mol. The van der Waals surface area contributed by atoms with Crippen molar-refractivity contribution in [3.05, 3.63) is 0 Å². The van der Waals surface area contributed by atoms with E-state index in [0.717, 1.165) is 0 Å². The van der Waals surface area contributed by atoms with Gasteiger partial charge in [-0.25, -0.2) is 0 Å². The maximum atomic E-state index is 2.47. The highest BCUT2D eigenvalue weighted by Crippen LogP contribution is 2.13. The summed E-state index contributed by atoms with van der Waals surface area (Å²) in [6, 6.07) is 0. The SMILES string of the molecule is CCCCCCCCCCCCCCCCCN(C)CCN(C)C. The first-order valence-corrected chi connectivity index (χ1v) is 11.0. The molecule has 0 bridgehead atoms. The highest BCUT2D eigenvalue weighted by Gasteiger charge is 1.99. The van der Waals surface area contributed by atoms with Crippen LogP contribution in [0.5, 0.6) is 0 Å². The number of likely N-dealkylation sites (N-methyl/N-ethyl adjacent to an activating group) is 2. The Morgan fingerprint density at radius 3 is 1.17 bits per heavy atom. The number of rotatable bonds is 19. The molecule has 0 aromatic heterocycles. The van der Waals surface area contributed by atoms with E-state index in [-0.39, 0.29) is 0 Å². The Balaban J connectivity index is 3.07. The van der Waals surface area contributed by atoms with Crippen molar-refractivity contribution in [3.63, 3.8) is 0 Å². The van der Waals surface area contributed by atoms with Gasteiger partial charge in [0.2, 0.25) is 0 Å². The van der Waals surface area contributed by atoms with E-state index >= 15 is 0 Å². The second-order valence-electron chi connectivity index (χ2n) is 8.06. The van der Waals surface area contributed by atoms with E-state index in [0.29, 0.717) is 0 Å². The summed E-state index contributed by atoms with van der Waals surface area (Å²) < 4.78 is 0. The zero-order valence-electron chi connectivity index (χ0n) is 17.6. The van der Waals surface area contributed by atoms with Crippen LogP contribution in [-0.4, -0.2) is 50.6 Å². The fourth-order valence-electron chi connectivity index (χ4n) is 3.24. The number of unbranched alkanes of at least 4 members (excludes halogenated alkanes) is 14. The van der Waals surface area contributed by atoms with E-state index < -0.39 is 0 Å².